The lowest BCUT2D eigenvalue weighted by Crippen LogP contribution is -2.82. The van der Waals surface area contributed by atoms with Crippen molar-refractivity contribution in [1.82, 2.24) is 5.43 Å². The highest BCUT2D eigenvalue weighted by Gasteiger charge is 2.00. The number of hydrogen-bond acceptors (Lipinski definition) is 2. The molecule has 0 aliphatic rings. The van der Waals surface area contributed by atoms with E-state index < -0.39 is 0 Å². The van der Waals surface area contributed by atoms with E-state index in [0.717, 1.165) is 22.6 Å². The maximum Gasteiger partial charge on any atom is 0.228 e. The lowest BCUT2D eigenvalue weighted by atomic mass is 10.2. The lowest BCUT2D eigenvalue weighted by Gasteiger charge is -2.06. The van der Waals surface area contributed by atoms with Crippen LogP contribution < -0.4 is 20.6 Å². The SMILES string of the molecule is S=C(N[NH+]=Cc1ccc(OCc2cccc(Cl)c2)cc1)Nc1ccccc1. The first-order valence-electron chi connectivity index (χ1n) is 8.37. The van der Waals surface area contributed by atoms with Crippen molar-refractivity contribution in [3.8, 4) is 5.75 Å². The van der Waals surface area contributed by atoms with Crippen molar-refractivity contribution in [3.63, 3.8) is 0 Å². The molecule has 136 valence electrons. The van der Waals surface area contributed by atoms with Gasteiger partial charge in [0.1, 0.15) is 12.4 Å². The molecule has 0 aliphatic carbocycles. The summed E-state index contributed by atoms with van der Waals surface area (Å²) in [6.07, 6.45) is 1.82. The molecule has 27 heavy (non-hydrogen) atoms. The van der Waals surface area contributed by atoms with Crippen LogP contribution in [0.1, 0.15) is 11.1 Å². The highest BCUT2D eigenvalue weighted by Crippen LogP contribution is 2.15. The molecule has 0 atom stereocenters. The van der Waals surface area contributed by atoms with Crippen LogP contribution in [0.15, 0.2) is 78.9 Å². The second-order valence-electron chi connectivity index (χ2n) is 5.72. The van der Waals surface area contributed by atoms with Crippen LogP contribution in [0, 0.1) is 0 Å². The van der Waals surface area contributed by atoms with Gasteiger partial charge in [0.2, 0.25) is 5.11 Å². The minimum atomic E-state index is 0.475. The first-order chi connectivity index (χ1) is 13.2. The Labute approximate surface area is 168 Å². The number of para-hydroxylation sites is 1. The van der Waals surface area contributed by atoms with Crippen LogP contribution in [-0.2, 0) is 6.61 Å². The van der Waals surface area contributed by atoms with Gasteiger partial charge in [0.15, 0.2) is 6.21 Å². The number of nitrogens with one attached hydrogen (secondary N) is 3. The average Bonchev–Trinajstić information content (AvgIpc) is 2.68. The summed E-state index contributed by atoms with van der Waals surface area (Å²) in [4.78, 5) is 0. The maximum absolute atomic E-state index is 5.98. The smallest absolute Gasteiger partial charge is 0.228 e. The van der Waals surface area contributed by atoms with Crippen LogP contribution in [0.3, 0.4) is 0 Å². The Kier molecular flexibility index (Phi) is 6.79. The minimum absolute atomic E-state index is 0.475. The normalized spacial score (nSPS) is 10.6. The van der Waals surface area contributed by atoms with Crippen LogP contribution in [0.25, 0.3) is 0 Å². The van der Waals surface area contributed by atoms with Crippen molar-refractivity contribution in [2.45, 2.75) is 6.61 Å². The molecule has 4 nitrogen and oxygen atoms in total. The highest BCUT2D eigenvalue weighted by molar-refractivity contribution is 7.80. The lowest BCUT2D eigenvalue weighted by molar-refractivity contribution is -0.499. The standard InChI is InChI=1S/C21H18ClN3OS/c22-18-6-4-5-17(13-18)15-26-20-11-9-16(10-12-20)14-23-25-21(27)24-19-7-2-1-3-8-19/h1-14H,15H2,(H2,24,25,27)/p+1. The van der Waals surface area contributed by atoms with Crippen LogP contribution in [-0.4, -0.2) is 11.3 Å². The van der Waals surface area contributed by atoms with E-state index in [1.165, 1.54) is 0 Å². The van der Waals surface area contributed by atoms with E-state index in [9.17, 15) is 0 Å². The van der Waals surface area contributed by atoms with Gasteiger partial charge in [0.25, 0.3) is 0 Å². The fourth-order valence-corrected chi connectivity index (χ4v) is 2.71. The second-order valence-corrected chi connectivity index (χ2v) is 6.57. The van der Waals surface area contributed by atoms with Gasteiger partial charge in [-0.2, -0.15) is 0 Å². The van der Waals surface area contributed by atoms with Crippen molar-refractivity contribution < 1.29 is 9.84 Å². The van der Waals surface area contributed by atoms with Crippen molar-refractivity contribution in [2.24, 2.45) is 0 Å². The molecule has 0 saturated carbocycles. The summed E-state index contributed by atoms with van der Waals surface area (Å²) in [6.45, 7) is 0.475. The Morgan fingerprint density at radius 1 is 1.00 bits per heavy atom. The summed E-state index contributed by atoms with van der Waals surface area (Å²) in [5, 5.41) is 7.25. The Balaban J connectivity index is 1.47. The number of hydrazone groups is 1. The molecule has 0 spiro atoms. The predicted octanol–water partition coefficient (Wildman–Crippen LogP) is 3.32. The maximum atomic E-state index is 5.98. The number of rotatable bonds is 6. The van der Waals surface area contributed by atoms with E-state index in [1.54, 1.807) is 0 Å². The Morgan fingerprint density at radius 2 is 1.78 bits per heavy atom. The summed E-state index contributed by atoms with van der Waals surface area (Å²) in [6, 6.07) is 25.1. The van der Waals surface area contributed by atoms with Crippen molar-refractivity contribution in [3.05, 3.63) is 95.0 Å². The van der Waals surface area contributed by atoms with E-state index in [-0.39, 0.29) is 0 Å². The first-order valence-corrected chi connectivity index (χ1v) is 9.16. The molecule has 0 radical (unpaired) electrons. The number of hydrazine groups is 1. The van der Waals surface area contributed by atoms with Gasteiger partial charge in [0.05, 0.1) is 0 Å². The molecular weight excluding hydrogens is 378 g/mol. The Morgan fingerprint density at radius 3 is 2.52 bits per heavy atom. The summed E-state index contributed by atoms with van der Waals surface area (Å²) in [5.41, 5.74) is 5.86. The highest BCUT2D eigenvalue weighted by atomic mass is 35.5. The third kappa shape index (κ3) is 6.40. The molecule has 3 N–H and O–H groups in total. The zero-order valence-corrected chi connectivity index (χ0v) is 16.1. The molecular formula is C21H19ClN3OS+. The van der Waals surface area contributed by atoms with Crippen LogP contribution in [0.2, 0.25) is 5.02 Å². The van der Waals surface area contributed by atoms with Gasteiger partial charge in [-0.1, -0.05) is 41.9 Å². The number of anilines is 1. The zero-order valence-electron chi connectivity index (χ0n) is 14.5. The predicted molar refractivity (Wildman–Crippen MR) is 114 cm³/mol. The van der Waals surface area contributed by atoms with Gasteiger partial charge >= 0.3 is 0 Å². The van der Waals surface area contributed by atoms with Gasteiger partial charge in [-0.15, -0.1) is 10.5 Å². The number of hydrogen-bond donors (Lipinski definition) is 3. The van der Waals surface area contributed by atoms with E-state index >= 15 is 0 Å². The van der Waals surface area contributed by atoms with Gasteiger partial charge in [-0.05, 0) is 66.3 Å². The monoisotopic (exact) mass is 396 g/mol. The molecule has 6 heteroatoms. The molecule has 3 aromatic rings. The molecule has 3 aromatic carbocycles. The average molecular weight is 397 g/mol. The zero-order chi connectivity index (χ0) is 18.9. The summed E-state index contributed by atoms with van der Waals surface area (Å²) in [7, 11) is 0. The molecule has 0 amide bonds. The molecule has 0 bridgehead atoms. The molecule has 0 fully saturated rings. The van der Waals surface area contributed by atoms with Gasteiger partial charge in [-0.25, -0.2) is 0 Å². The minimum Gasteiger partial charge on any atom is -0.489 e. The van der Waals surface area contributed by atoms with E-state index in [4.69, 9.17) is 28.6 Å². The quantitative estimate of drug-likeness (QED) is 0.340. The van der Waals surface area contributed by atoms with E-state index in [0.29, 0.717) is 16.7 Å². The topological polar surface area (TPSA) is 47.3 Å². The molecule has 0 heterocycles. The molecule has 0 aromatic heterocycles. The summed E-state index contributed by atoms with van der Waals surface area (Å²) in [5.74, 6) is 0.793. The number of thiocarbonyl (C=S) groups is 1. The largest absolute Gasteiger partial charge is 0.489 e. The molecule has 0 unspecified atom stereocenters. The van der Waals surface area contributed by atoms with E-state index in [1.807, 2.05) is 85.1 Å². The van der Waals surface area contributed by atoms with Gasteiger partial charge < -0.3 is 10.1 Å². The van der Waals surface area contributed by atoms with Gasteiger partial charge in [0, 0.05) is 16.3 Å². The fourth-order valence-electron chi connectivity index (χ4n) is 2.32. The third-order valence-corrected chi connectivity index (χ3v) is 4.07. The Bertz CT molecular complexity index is 914. The third-order valence-electron chi connectivity index (χ3n) is 3.63. The van der Waals surface area contributed by atoms with Crippen molar-refractivity contribution >= 4 is 40.8 Å². The summed E-state index contributed by atoms with van der Waals surface area (Å²) < 4.78 is 5.77. The fraction of sp³-hybridized carbons (Fsp3) is 0.0476. The number of benzene rings is 3. The number of halogens is 1. The second kappa shape index (κ2) is 9.71. The van der Waals surface area contributed by atoms with Crippen LogP contribution in [0.4, 0.5) is 5.69 Å². The molecule has 0 saturated heterocycles. The van der Waals surface area contributed by atoms with Crippen molar-refractivity contribution in [2.75, 3.05) is 5.32 Å². The van der Waals surface area contributed by atoms with E-state index in [2.05, 4.69) is 15.8 Å². The van der Waals surface area contributed by atoms with Gasteiger partial charge in [-0.3, -0.25) is 0 Å². The molecule has 0 aliphatic heterocycles. The van der Waals surface area contributed by atoms with Crippen LogP contribution >= 0.6 is 23.8 Å². The summed E-state index contributed by atoms with van der Waals surface area (Å²) >= 11 is 11.2. The first kappa shape index (κ1) is 18.9. The number of ether oxygens (including phenoxy) is 1. The molecule has 3 rings (SSSR count). The Hall–Kier alpha value is -2.89. The van der Waals surface area contributed by atoms with Crippen LogP contribution in [0.5, 0.6) is 5.75 Å². The van der Waals surface area contributed by atoms with Crippen molar-refractivity contribution in [1.29, 1.82) is 0 Å².